The number of hydrogen-bond donors (Lipinski definition) is 2. The van der Waals surface area contributed by atoms with E-state index < -0.39 is 0 Å². The normalized spacial score (nSPS) is 16.0. The van der Waals surface area contributed by atoms with Gasteiger partial charge in [-0.2, -0.15) is 0 Å². The Balaban J connectivity index is 2.12. The highest BCUT2D eigenvalue weighted by Crippen LogP contribution is 2.25. The van der Waals surface area contributed by atoms with Gasteiger partial charge in [0.1, 0.15) is 12.3 Å². The van der Waals surface area contributed by atoms with Crippen molar-refractivity contribution in [2.45, 2.75) is 25.3 Å². The highest BCUT2D eigenvalue weighted by molar-refractivity contribution is 5.84. The standard InChI is InChI=1S/C22H35N5O2/c1-5-13-23-22(25-17-21(28)26(2)3)24-16-20(27-14-7-6-8-15-27)18-9-11-19(29-4)12-10-18/h5,9-12,20H,1,6-8,13-17H2,2-4H3,(H2,23,24,25). The van der Waals surface area contributed by atoms with E-state index in [-0.39, 0.29) is 18.5 Å². The molecule has 1 fully saturated rings. The first-order chi connectivity index (χ1) is 14.0. The van der Waals surface area contributed by atoms with Crippen LogP contribution in [0, 0.1) is 0 Å². The number of rotatable bonds is 9. The Morgan fingerprint density at radius 2 is 1.93 bits per heavy atom. The zero-order valence-corrected chi connectivity index (χ0v) is 18.0. The summed E-state index contributed by atoms with van der Waals surface area (Å²) in [6, 6.07) is 8.49. The van der Waals surface area contributed by atoms with Crippen LogP contribution in [0.25, 0.3) is 0 Å². The third kappa shape index (κ3) is 7.42. The van der Waals surface area contributed by atoms with Crippen molar-refractivity contribution in [3.05, 3.63) is 42.5 Å². The van der Waals surface area contributed by atoms with Gasteiger partial charge in [0.05, 0.1) is 13.2 Å². The van der Waals surface area contributed by atoms with Crippen LogP contribution in [-0.4, -0.2) is 75.6 Å². The number of nitrogens with one attached hydrogen (secondary N) is 2. The molecule has 2 N–H and O–H groups in total. The molecule has 160 valence electrons. The zero-order valence-electron chi connectivity index (χ0n) is 18.0. The summed E-state index contributed by atoms with van der Waals surface area (Å²) in [5.41, 5.74) is 1.24. The minimum atomic E-state index is -0.0348. The molecular formula is C22H35N5O2. The van der Waals surface area contributed by atoms with Crippen LogP contribution in [-0.2, 0) is 4.79 Å². The van der Waals surface area contributed by atoms with E-state index in [4.69, 9.17) is 4.74 Å². The predicted octanol–water partition coefficient (Wildman–Crippen LogP) is 2.03. The molecule has 1 atom stereocenters. The van der Waals surface area contributed by atoms with Gasteiger partial charge in [0, 0.05) is 27.2 Å². The fourth-order valence-electron chi connectivity index (χ4n) is 3.34. The molecule has 1 saturated heterocycles. The van der Waals surface area contributed by atoms with E-state index in [1.165, 1.54) is 24.8 Å². The van der Waals surface area contributed by atoms with Gasteiger partial charge in [0.2, 0.25) is 5.91 Å². The van der Waals surface area contributed by atoms with Crippen molar-refractivity contribution < 1.29 is 9.53 Å². The molecular weight excluding hydrogens is 366 g/mol. The lowest BCUT2D eigenvalue weighted by molar-refractivity contribution is -0.127. The first-order valence-corrected chi connectivity index (χ1v) is 10.3. The number of hydrogen-bond acceptors (Lipinski definition) is 4. The minimum Gasteiger partial charge on any atom is -0.497 e. The van der Waals surface area contributed by atoms with Crippen LogP contribution in [0.1, 0.15) is 30.9 Å². The van der Waals surface area contributed by atoms with Gasteiger partial charge in [-0.15, -0.1) is 6.58 Å². The number of guanidine groups is 1. The number of methoxy groups -OCH3 is 1. The zero-order chi connectivity index (χ0) is 21.1. The van der Waals surface area contributed by atoms with Gasteiger partial charge in [-0.05, 0) is 43.6 Å². The van der Waals surface area contributed by atoms with Crippen LogP contribution >= 0.6 is 0 Å². The number of aliphatic imine (C=N–C) groups is 1. The molecule has 1 aromatic carbocycles. The quantitative estimate of drug-likeness (QED) is 0.376. The topological polar surface area (TPSA) is 69.2 Å². The van der Waals surface area contributed by atoms with E-state index in [0.29, 0.717) is 19.0 Å². The van der Waals surface area contributed by atoms with Gasteiger partial charge in [0.25, 0.3) is 0 Å². The molecule has 1 heterocycles. The molecule has 1 aromatic rings. The smallest absolute Gasteiger partial charge is 0.243 e. The number of amides is 1. The Morgan fingerprint density at radius 3 is 2.52 bits per heavy atom. The van der Waals surface area contributed by atoms with Gasteiger partial charge >= 0.3 is 0 Å². The van der Waals surface area contributed by atoms with Crippen molar-refractivity contribution in [1.29, 1.82) is 0 Å². The van der Waals surface area contributed by atoms with E-state index in [2.05, 4.69) is 39.2 Å². The summed E-state index contributed by atoms with van der Waals surface area (Å²) in [5.74, 6) is 1.44. The van der Waals surface area contributed by atoms with Gasteiger partial charge in [-0.25, -0.2) is 4.99 Å². The van der Waals surface area contributed by atoms with Crippen molar-refractivity contribution in [1.82, 2.24) is 20.4 Å². The number of piperidine rings is 1. The molecule has 0 radical (unpaired) electrons. The van der Waals surface area contributed by atoms with Crippen molar-refractivity contribution in [2.75, 3.05) is 53.9 Å². The number of ether oxygens (including phenoxy) is 1. The maximum Gasteiger partial charge on any atom is 0.243 e. The number of nitrogens with zero attached hydrogens (tertiary/aromatic N) is 3. The third-order valence-electron chi connectivity index (χ3n) is 5.08. The molecule has 1 amide bonds. The molecule has 1 unspecified atom stereocenters. The monoisotopic (exact) mass is 401 g/mol. The van der Waals surface area contributed by atoms with E-state index in [1.54, 1.807) is 32.2 Å². The maximum absolute atomic E-state index is 11.9. The number of benzene rings is 1. The van der Waals surface area contributed by atoms with Crippen LogP contribution in [0.3, 0.4) is 0 Å². The summed E-state index contributed by atoms with van der Waals surface area (Å²) in [6.07, 6.45) is 5.51. The van der Waals surface area contributed by atoms with Gasteiger partial charge < -0.3 is 20.3 Å². The summed E-state index contributed by atoms with van der Waals surface area (Å²) < 4.78 is 5.31. The predicted molar refractivity (Wildman–Crippen MR) is 118 cm³/mol. The number of carbonyl (C=O) groups excluding carboxylic acids is 1. The molecule has 0 aromatic heterocycles. The number of likely N-dealkylation sites (tertiary alicyclic amines) is 1. The molecule has 29 heavy (non-hydrogen) atoms. The lowest BCUT2D eigenvalue weighted by Crippen LogP contribution is -2.45. The lowest BCUT2D eigenvalue weighted by atomic mass is 10.0. The molecule has 0 aliphatic carbocycles. The summed E-state index contributed by atoms with van der Waals surface area (Å²) in [7, 11) is 5.15. The van der Waals surface area contributed by atoms with E-state index in [9.17, 15) is 4.79 Å². The van der Waals surface area contributed by atoms with Crippen LogP contribution in [0.4, 0.5) is 0 Å². The van der Waals surface area contributed by atoms with Crippen LogP contribution < -0.4 is 15.4 Å². The van der Waals surface area contributed by atoms with E-state index >= 15 is 0 Å². The Hall–Kier alpha value is -2.54. The first-order valence-electron chi connectivity index (χ1n) is 10.3. The average Bonchev–Trinajstić information content (AvgIpc) is 2.76. The molecule has 7 heteroatoms. The Labute approximate surface area is 174 Å². The largest absolute Gasteiger partial charge is 0.497 e. The van der Waals surface area contributed by atoms with E-state index in [1.807, 2.05) is 12.1 Å². The number of carbonyl (C=O) groups is 1. The van der Waals surface area contributed by atoms with Gasteiger partial charge in [0.15, 0.2) is 5.96 Å². The van der Waals surface area contributed by atoms with Crippen molar-refractivity contribution in [2.24, 2.45) is 4.99 Å². The summed E-state index contributed by atoms with van der Waals surface area (Å²) in [6.45, 7) is 7.31. The second-order valence-corrected chi connectivity index (χ2v) is 7.39. The lowest BCUT2D eigenvalue weighted by Gasteiger charge is -2.35. The van der Waals surface area contributed by atoms with Crippen LogP contribution in [0.15, 0.2) is 41.9 Å². The summed E-state index contributed by atoms with van der Waals surface area (Å²) in [4.78, 5) is 20.4. The van der Waals surface area contributed by atoms with Crippen molar-refractivity contribution >= 4 is 11.9 Å². The molecule has 1 aliphatic heterocycles. The minimum absolute atomic E-state index is 0.0348. The second kappa shape index (κ2) is 12.1. The molecule has 7 nitrogen and oxygen atoms in total. The summed E-state index contributed by atoms with van der Waals surface area (Å²) >= 11 is 0. The third-order valence-corrected chi connectivity index (χ3v) is 5.08. The Kier molecular flexibility index (Phi) is 9.50. The summed E-state index contributed by atoms with van der Waals surface area (Å²) in [5, 5.41) is 6.62. The molecule has 2 rings (SSSR count). The maximum atomic E-state index is 11.9. The number of likely N-dealkylation sites (N-methyl/N-ethyl adjacent to an activating group) is 1. The molecule has 1 aliphatic rings. The van der Waals surface area contributed by atoms with Crippen molar-refractivity contribution in [3.8, 4) is 5.75 Å². The van der Waals surface area contributed by atoms with Crippen molar-refractivity contribution in [3.63, 3.8) is 0 Å². The molecule has 0 saturated carbocycles. The Bertz CT molecular complexity index is 666. The second-order valence-electron chi connectivity index (χ2n) is 7.39. The molecule has 0 spiro atoms. The van der Waals surface area contributed by atoms with Crippen LogP contribution in [0.5, 0.6) is 5.75 Å². The molecule has 0 bridgehead atoms. The fourth-order valence-corrected chi connectivity index (χ4v) is 3.34. The highest BCUT2D eigenvalue weighted by Gasteiger charge is 2.22. The van der Waals surface area contributed by atoms with Gasteiger partial charge in [-0.3, -0.25) is 9.69 Å². The first kappa shape index (κ1) is 22.7. The van der Waals surface area contributed by atoms with Gasteiger partial charge in [-0.1, -0.05) is 24.6 Å². The highest BCUT2D eigenvalue weighted by atomic mass is 16.5. The fraction of sp³-hybridized carbons (Fsp3) is 0.545. The van der Waals surface area contributed by atoms with E-state index in [0.717, 1.165) is 18.8 Å². The Morgan fingerprint density at radius 1 is 1.24 bits per heavy atom. The average molecular weight is 402 g/mol. The SMILES string of the molecule is C=CCNC(=NCC(=O)N(C)C)NCC(c1ccc(OC)cc1)N1CCCCC1. The van der Waals surface area contributed by atoms with Crippen LogP contribution in [0.2, 0.25) is 0 Å².